The van der Waals surface area contributed by atoms with Crippen LogP contribution in [0, 0.1) is 6.92 Å². The third-order valence-electron chi connectivity index (χ3n) is 6.71. The van der Waals surface area contributed by atoms with Gasteiger partial charge in [0.15, 0.2) is 0 Å². The van der Waals surface area contributed by atoms with Gasteiger partial charge in [-0.15, -0.1) is 11.3 Å². The third-order valence-corrected chi connectivity index (χ3v) is 7.80. The normalized spacial score (nSPS) is 16.5. The van der Waals surface area contributed by atoms with E-state index in [-0.39, 0.29) is 23.9 Å². The van der Waals surface area contributed by atoms with E-state index >= 15 is 0 Å². The van der Waals surface area contributed by atoms with Gasteiger partial charge in [-0.2, -0.15) is 0 Å². The quantitative estimate of drug-likeness (QED) is 0.360. The Morgan fingerprint density at radius 3 is 2.68 bits per heavy atom. The average molecular weight is 528 g/mol. The molecular formula is C28H25N5O4S. The molecule has 10 heteroatoms. The molecule has 6 rings (SSSR count). The summed E-state index contributed by atoms with van der Waals surface area (Å²) in [5.41, 5.74) is 2.72. The molecule has 1 atom stereocenters. The lowest BCUT2D eigenvalue weighted by atomic mass is 10.1. The Balaban J connectivity index is 1.33. The Kier molecular flexibility index (Phi) is 5.96. The Morgan fingerprint density at radius 2 is 1.92 bits per heavy atom. The van der Waals surface area contributed by atoms with Crippen molar-refractivity contribution in [1.82, 2.24) is 15.2 Å². The van der Waals surface area contributed by atoms with Crippen molar-refractivity contribution in [3.8, 4) is 11.5 Å². The summed E-state index contributed by atoms with van der Waals surface area (Å²) in [6.45, 7) is 4.37. The molecule has 2 aromatic carbocycles. The van der Waals surface area contributed by atoms with Crippen LogP contribution in [0.5, 0.6) is 11.5 Å². The van der Waals surface area contributed by atoms with Gasteiger partial charge in [0.2, 0.25) is 5.91 Å². The van der Waals surface area contributed by atoms with Crippen molar-refractivity contribution < 1.29 is 19.1 Å². The van der Waals surface area contributed by atoms with Gasteiger partial charge >= 0.3 is 6.03 Å². The van der Waals surface area contributed by atoms with Crippen molar-refractivity contribution in [2.75, 3.05) is 23.3 Å². The first-order valence-electron chi connectivity index (χ1n) is 12.3. The second-order valence-electron chi connectivity index (χ2n) is 9.38. The number of nitrogens with zero attached hydrogens (tertiary/aromatic N) is 3. The minimum atomic E-state index is -0.352. The predicted molar refractivity (Wildman–Crippen MR) is 147 cm³/mol. The molecule has 2 aliphatic heterocycles. The lowest BCUT2D eigenvalue weighted by Crippen LogP contribution is -2.38. The van der Waals surface area contributed by atoms with Gasteiger partial charge in [0.05, 0.1) is 22.4 Å². The van der Waals surface area contributed by atoms with E-state index in [2.05, 4.69) is 15.6 Å². The maximum Gasteiger partial charge on any atom is 0.331 e. The van der Waals surface area contributed by atoms with Gasteiger partial charge in [-0.05, 0) is 55.3 Å². The number of para-hydroxylation sites is 1. The van der Waals surface area contributed by atoms with E-state index in [1.165, 1.54) is 18.3 Å². The molecule has 0 radical (unpaired) electrons. The molecule has 4 amide bonds. The first kappa shape index (κ1) is 23.9. The van der Waals surface area contributed by atoms with E-state index in [4.69, 9.17) is 4.74 Å². The number of nitrogens with one attached hydrogen (secondary N) is 2. The summed E-state index contributed by atoms with van der Waals surface area (Å²) >= 11 is 1.27. The summed E-state index contributed by atoms with van der Waals surface area (Å²) in [6.07, 6.45) is 2.35. The number of likely N-dealkylation sites (tertiary alicyclic amines) is 1. The Bertz CT molecular complexity index is 1590. The number of hydrogen-bond donors (Lipinski definition) is 2. The van der Waals surface area contributed by atoms with Crippen molar-refractivity contribution in [3.05, 3.63) is 71.2 Å². The molecule has 2 N–H and O–H groups in total. The fourth-order valence-corrected chi connectivity index (χ4v) is 6.12. The number of urea groups is 1. The minimum Gasteiger partial charge on any atom is -0.457 e. The summed E-state index contributed by atoms with van der Waals surface area (Å²) in [7, 11) is 0. The summed E-state index contributed by atoms with van der Waals surface area (Å²) < 4.78 is 5.96. The summed E-state index contributed by atoms with van der Waals surface area (Å²) in [4.78, 5) is 47.4. The van der Waals surface area contributed by atoms with Crippen LogP contribution in [0.3, 0.4) is 0 Å². The van der Waals surface area contributed by atoms with E-state index in [9.17, 15) is 14.4 Å². The average Bonchev–Trinajstić information content (AvgIpc) is 3.50. The molecule has 4 heterocycles. The summed E-state index contributed by atoms with van der Waals surface area (Å²) in [5.74, 6) is 1.11. The molecule has 4 aromatic rings. The van der Waals surface area contributed by atoms with Gasteiger partial charge in [0, 0.05) is 32.3 Å². The van der Waals surface area contributed by atoms with Crippen molar-refractivity contribution in [2.45, 2.75) is 26.3 Å². The highest BCUT2D eigenvalue weighted by Crippen LogP contribution is 2.47. The zero-order valence-corrected chi connectivity index (χ0v) is 21.7. The summed E-state index contributed by atoms with van der Waals surface area (Å²) in [6, 6.07) is 16.5. The number of pyridine rings is 1. The number of hydrogen-bond acceptors (Lipinski definition) is 6. The maximum absolute atomic E-state index is 13.5. The van der Waals surface area contributed by atoms with Crippen molar-refractivity contribution in [2.24, 2.45) is 0 Å². The first-order valence-corrected chi connectivity index (χ1v) is 13.1. The fourth-order valence-electron chi connectivity index (χ4n) is 5.03. The molecule has 1 unspecified atom stereocenters. The van der Waals surface area contributed by atoms with Crippen LogP contribution < -0.4 is 20.3 Å². The predicted octanol–water partition coefficient (Wildman–Crippen LogP) is 5.43. The van der Waals surface area contributed by atoms with E-state index in [0.717, 1.165) is 16.7 Å². The minimum absolute atomic E-state index is 0.0715. The lowest BCUT2D eigenvalue weighted by molar-refractivity contribution is -0.119. The van der Waals surface area contributed by atoms with E-state index in [0.29, 0.717) is 52.0 Å². The molecule has 1 saturated heterocycles. The van der Waals surface area contributed by atoms with Gasteiger partial charge in [-0.1, -0.05) is 18.2 Å². The molecule has 2 aliphatic rings. The number of aryl methyl sites for hydroxylation is 1. The second-order valence-corrected chi connectivity index (χ2v) is 10.4. The SMILES string of the molecule is CC(=O)NC1CCN(C(=O)c2sc3nccc4c3c2NC(=O)N4c2ccc(Oc3ccccc3)cc2C)C1. The molecule has 38 heavy (non-hydrogen) atoms. The molecule has 0 saturated carbocycles. The van der Waals surface area contributed by atoms with Crippen LogP contribution >= 0.6 is 11.3 Å². The maximum atomic E-state index is 13.5. The highest BCUT2D eigenvalue weighted by Gasteiger charge is 2.36. The molecule has 0 bridgehead atoms. The topological polar surface area (TPSA) is 104 Å². The number of benzene rings is 2. The van der Waals surface area contributed by atoms with Crippen LogP contribution in [0.25, 0.3) is 10.2 Å². The number of anilines is 3. The van der Waals surface area contributed by atoms with Gasteiger partial charge < -0.3 is 20.3 Å². The Hall–Kier alpha value is -4.44. The Labute approximate surface area is 223 Å². The van der Waals surface area contributed by atoms with Crippen LogP contribution in [0.4, 0.5) is 21.9 Å². The second kappa shape index (κ2) is 9.46. The number of carbonyl (C=O) groups is 3. The lowest BCUT2D eigenvalue weighted by Gasteiger charge is -2.30. The highest BCUT2D eigenvalue weighted by atomic mass is 32.1. The molecule has 0 spiro atoms. The standard InChI is InChI=1S/C28H25N5O4S/c1-16-14-20(37-19-6-4-3-5-7-19)8-9-21(16)33-22-10-12-29-26-23(22)24(31-28(33)36)25(38-26)27(35)32-13-11-18(15-32)30-17(2)34/h3-10,12,14,18H,11,13,15H2,1-2H3,(H,30,34)(H,31,36). The number of carbonyl (C=O) groups excluding carboxylic acids is 3. The van der Waals surface area contributed by atoms with Crippen LogP contribution in [-0.2, 0) is 4.79 Å². The van der Waals surface area contributed by atoms with Gasteiger partial charge in [0.1, 0.15) is 21.2 Å². The molecule has 2 aromatic heterocycles. The molecule has 9 nitrogen and oxygen atoms in total. The van der Waals surface area contributed by atoms with Crippen molar-refractivity contribution >= 4 is 56.5 Å². The monoisotopic (exact) mass is 527 g/mol. The highest BCUT2D eigenvalue weighted by molar-refractivity contribution is 7.21. The number of amides is 4. The number of aromatic nitrogens is 1. The molecule has 0 aliphatic carbocycles. The molecular weight excluding hydrogens is 502 g/mol. The number of rotatable bonds is 5. The Morgan fingerprint density at radius 1 is 1.11 bits per heavy atom. The first-order chi connectivity index (χ1) is 18.4. The van der Waals surface area contributed by atoms with Crippen LogP contribution in [0.1, 0.15) is 28.6 Å². The van der Waals surface area contributed by atoms with Gasteiger partial charge in [-0.25, -0.2) is 9.78 Å². The van der Waals surface area contributed by atoms with Gasteiger partial charge in [-0.3, -0.25) is 14.5 Å². The fraction of sp³-hybridized carbons (Fsp3) is 0.214. The molecule has 192 valence electrons. The van der Waals surface area contributed by atoms with E-state index in [1.54, 1.807) is 22.1 Å². The third kappa shape index (κ3) is 4.22. The smallest absolute Gasteiger partial charge is 0.331 e. The largest absolute Gasteiger partial charge is 0.457 e. The van der Waals surface area contributed by atoms with E-state index in [1.807, 2.05) is 55.5 Å². The number of ether oxygens (including phenoxy) is 1. The van der Waals surface area contributed by atoms with Crippen LogP contribution in [0.15, 0.2) is 60.8 Å². The number of thiophene rings is 1. The molecule has 1 fully saturated rings. The van der Waals surface area contributed by atoms with E-state index < -0.39 is 0 Å². The zero-order chi connectivity index (χ0) is 26.4. The van der Waals surface area contributed by atoms with Crippen LogP contribution in [0.2, 0.25) is 0 Å². The van der Waals surface area contributed by atoms with Crippen molar-refractivity contribution in [3.63, 3.8) is 0 Å². The van der Waals surface area contributed by atoms with Crippen LogP contribution in [-0.4, -0.2) is 46.9 Å². The summed E-state index contributed by atoms with van der Waals surface area (Å²) in [5, 5.41) is 6.58. The zero-order valence-electron chi connectivity index (χ0n) is 20.9. The van der Waals surface area contributed by atoms with Crippen molar-refractivity contribution in [1.29, 1.82) is 0 Å². The van der Waals surface area contributed by atoms with Gasteiger partial charge in [0.25, 0.3) is 5.91 Å².